The quantitative estimate of drug-likeness (QED) is 0.452. The smallest absolute Gasteiger partial charge is 0.208 e. The first kappa shape index (κ1) is 12.8. The molecule has 2 N–H and O–H groups in total. The van der Waals surface area contributed by atoms with Crippen molar-refractivity contribution >= 4 is 0 Å². The summed E-state index contributed by atoms with van der Waals surface area (Å²) in [7, 11) is 8.08. The van der Waals surface area contributed by atoms with Gasteiger partial charge in [-0.1, -0.05) is 0 Å². The molecular formula is C9H24N2O2+2. The second-order valence-corrected chi connectivity index (χ2v) is 4.93. The average Bonchev–Trinajstić information content (AvgIpc) is 1.83. The van der Waals surface area contributed by atoms with E-state index < -0.39 is 0 Å². The number of aliphatic hydroxyl groups excluding tert-OH is 2. The van der Waals surface area contributed by atoms with E-state index >= 15 is 0 Å². The van der Waals surface area contributed by atoms with Crippen molar-refractivity contribution in [3.05, 3.63) is 0 Å². The Labute approximate surface area is 81.2 Å². The van der Waals surface area contributed by atoms with Crippen LogP contribution in [-0.4, -0.2) is 73.4 Å². The van der Waals surface area contributed by atoms with Crippen LogP contribution in [0, 0.1) is 0 Å². The Morgan fingerprint density at radius 3 is 1.92 bits per heavy atom. The zero-order chi connectivity index (χ0) is 10.7. The van der Waals surface area contributed by atoms with Crippen molar-refractivity contribution in [3.63, 3.8) is 0 Å². The second kappa shape index (κ2) is 4.37. The summed E-state index contributed by atoms with van der Waals surface area (Å²) in [6, 6.07) is 0. The highest BCUT2D eigenvalue weighted by Gasteiger charge is 2.30. The molecule has 13 heavy (non-hydrogen) atoms. The van der Waals surface area contributed by atoms with Gasteiger partial charge < -0.3 is 10.2 Å². The third-order valence-electron chi connectivity index (χ3n) is 2.46. The number of nitrogens with zero attached hydrogens (tertiary/aromatic N) is 2. The van der Waals surface area contributed by atoms with Gasteiger partial charge in [-0.2, -0.15) is 0 Å². The fourth-order valence-corrected chi connectivity index (χ4v) is 1.45. The maximum atomic E-state index is 9.51. The maximum Gasteiger partial charge on any atom is 0.208 e. The van der Waals surface area contributed by atoms with Gasteiger partial charge in [0.25, 0.3) is 0 Å². The second-order valence-electron chi connectivity index (χ2n) is 4.93. The molecule has 0 aromatic heterocycles. The molecule has 4 nitrogen and oxygen atoms in total. The molecule has 0 aliphatic rings. The van der Waals surface area contributed by atoms with Crippen molar-refractivity contribution in [2.45, 2.75) is 13.2 Å². The molecule has 0 aliphatic heterocycles. The van der Waals surface area contributed by atoms with E-state index in [9.17, 15) is 5.11 Å². The normalized spacial score (nSPS) is 15.9. The lowest BCUT2D eigenvalue weighted by molar-refractivity contribution is -1.09. The Kier molecular flexibility index (Phi) is 4.32. The van der Waals surface area contributed by atoms with Gasteiger partial charge in [0.15, 0.2) is 6.23 Å². The number of hydrogen-bond acceptors (Lipinski definition) is 2. The lowest BCUT2D eigenvalue weighted by Crippen LogP contribution is -2.59. The standard InChI is InChI=1S/C9H24N2O2/c1-9(13)11(4,5)8-10(2,3)6-7-12/h9,12-13H,6-8H2,1-5H3/q+2. The third-order valence-corrected chi connectivity index (χ3v) is 2.46. The van der Waals surface area contributed by atoms with Crippen molar-refractivity contribution in [1.29, 1.82) is 0 Å². The van der Waals surface area contributed by atoms with Crippen LogP contribution in [0.15, 0.2) is 0 Å². The van der Waals surface area contributed by atoms with Crippen LogP contribution in [0.4, 0.5) is 0 Å². The molecule has 0 spiro atoms. The molecule has 0 heterocycles. The highest BCUT2D eigenvalue weighted by Crippen LogP contribution is 2.09. The van der Waals surface area contributed by atoms with Gasteiger partial charge in [0.2, 0.25) is 6.67 Å². The number of aliphatic hydroxyl groups is 2. The SMILES string of the molecule is CC(O)[N+](C)(C)C[N+](C)(C)CCO. The van der Waals surface area contributed by atoms with E-state index in [1.54, 1.807) is 6.92 Å². The van der Waals surface area contributed by atoms with E-state index in [0.717, 1.165) is 6.67 Å². The first-order chi connectivity index (χ1) is 5.71. The van der Waals surface area contributed by atoms with Crippen LogP contribution in [0.2, 0.25) is 0 Å². The molecule has 0 aromatic carbocycles. The van der Waals surface area contributed by atoms with Crippen molar-refractivity contribution in [2.24, 2.45) is 0 Å². The van der Waals surface area contributed by atoms with Gasteiger partial charge in [0.05, 0.1) is 34.8 Å². The molecule has 0 radical (unpaired) electrons. The van der Waals surface area contributed by atoms with Crippen LogP contribution in [-0.2, 0) is 0 Å². The third kappa shape index (κ3) is 4.57. The summed E-state index contributed by atoms with van der Waals surface area (Å²) >= 11 is 0. The topological polar surface area (TPSA) is 40.5 Å². The van der Waals surface area contributed by atoms with Crippen molar-refractivity contribution < 1.29 is 19.2 Å². The molecule has 0 aromatic rings. The molecule has 0 saturated carbocycles. The van der Waals surface area contributed by atoms with Gasteiger partial charge in [-0.15, -0.1) is 0 Å². The molecule has 0 fully saturated rings. The molecule has 0 rings (SSSR count). The number of hydrogen-bond donors (Lipinski definition) is 2. The zero-order valence-electron chi connectivity index (χ0n) is 9.49. The Balaban J connectivity index is 4.24. The summed E-state index contributed by atoms with van der Waals surface area (Å²) in [6.45, 7) is 3.50. The molecule has 80 valence electrons. The van der Waals surface area contributed by atoms with Crippen LogP contribution in [0.5, 0.6) is 0 Å². The predicted molar refractivity (Wildman–Crippen MR) is 52.7 cm³/mol. The van der Waals surface area contributed by atoms with Gasteiger partial charge in [-0.05, 0) is 0 Å². The summed E-state index contributed by atoms with van der Waals surface area (Å²) < 4.78 is 1.27. The van der Waals surface area contributed by atoms with Crippen molar-refractivity contribution in [2.75, 3.05) is 48.0 Å². The average molecular weight is 192 g/mol. The molecule has 4 heteroatoms. The van der Waals surface area contributed by atoms with Crippen LogP contribution < -0.4 is 0 Å². The van der Waals surface area contributed by atoms with E-state index in [2.05, 4.69) is 14.1 Å². The Morgan fingerprint density at radius 2 is 1.62 bits per heavy atom. The van der Waals surface area contributed by atoms with Crippen molar-refractivity contribution in [1.82, 2.24) is 0 Å². The Bertz CT molecular complexity index is 156. The summed E-state index contributed by atoms with van der Waals surface area (Å²) in [5, 5.41) is 18.4. The van der Waals surface area contributed by atoms with Crippen LogP contribution in [0.1, 0.15) is 6.92 Å². The van der Waals surface area contributed by atoms with Gasteiger partial charge in [0.1, 0.15) is 6.54 Å². The summed E-state index contributed by atoms with van der Waals surface area (Å²) in [5.41, 5.74) is 0. The molecule has 0 saturated heterocycles. The Hall–Kier alpha value is -0.160. The van der Waals surface area contributed by atoms with E-state index in [4.69, 9.17) is 5.11 Å². The summed E-state index contributed by atoms with van der Waals surface area (Å²) in [6.07, 6.45) is -0.379. The first-order valence-corrected chi connectivity index (χ1v) is 4.65. The van der Waals surface area contributed by atoms with Gasteiger partial charge in [-0.25, -0.2) is 0 Å². The van der Waals surface area contributed by atoms with Crippen LogP contribution in [0.25, 0.3) is 0 Å². The first-order valence-electron chi connectivity index (χ1n) is 4.65. The van der Waals surface area contributed by atoms with Crippen molar-refractivity contribution in [3.8, 4) is 0 Å². The Morgan fingerprint density at radius 1 is 1.15 bits per heavy atom. The monoisotopic (exact) mass is 192 g/mol. The van der Waals surface area contributed by atoms with Gasteiger partial charge >= 0.3 is 0 Å². The summed E-state index contributed by atoms with van der Waals surface area (Å²) in [4.78, 5) is 0. The summed E-state index contributed by atoms with van der Waals surface area (Å²) in [5.74, 6) is 0. The van der Waals surface area contributed by atoms with E-state index in [-0.39, 0.29) is 12.8 Å². The molecule has 1 atom stereocenters. The fourth-order valence-electron chi connectivity index (χ4n) is 1.45. The molecular weight excluding hydrogens is 168 g/mol. The number of likely N-dealkylation sites (N-methyl/N-ethyl adjacent to an activating group) is 1. The largest absolute Gasteiger partial charge is 0.391 e. The zero-order valence-corrected chi connectivity index (χ0v) is 9.49. The van der Waals surface area contributed by atoms with Crippen LogP contribution in [0.3, 0.4) is 0 Å². The van der Waals surface area contributed by atoms with Gasteiger partial charge in [0, 0.05) is 6.92 Å². The minimum Gasteiger partial charge on any atom is -0.391 e. The molecule has 0 bridgehead atoms. The fraction of sp³-hybridized carbons (Fsp3) is 1.00. The number of quaternary nitrogens is 2. The predicted octanol–water partition coefficient (Wildman–Crippen LogP) is -0.573. The molecule has 1 unspecified atom stereocenters. The maximum absolute atomic E-state index is 9.51. The highest BCUT2D eigenvalue weighted by atomic mass is 16.3. The molecule has 0 aliphatic carbocycles. The van der Waals surface area contributed by atoms with E-state index in [1.807, 2.05) is 14.1 Å². The number of rotatable bonds is 5. The minimum atomic E-state index is -0.379. The van der Waals surface area contributed by atoms with E-state index in [1.165, 1.54) is 0 Å². The van der Waals surface area contributed by atoms with Crippen LogP contribution >= 0.6 is 0 Å². The lowest BCUT2D eigenvalue weighted by atomic mass is 10.4. The van der Waals surface area contributed by atoms with E-state index in [0.29, 0.717) is 15.5 Å². The van der Waals surface area contributed by atoms with Gasteiger partial charge in [-0.3, -0.25) is 8.97 Å². The lowest BCUT2D eigenvalue weighted by Gasteiger charge is -2.39. The molecule has 0 amide bonds. The minimum absolute atomic E-state index is 0.187. The highest BCUT2D eigenvalue weighted by molar-refractivity contribution is 4.29.